The second kappa shape index (κ2) is 6.23. The van der Waals surface area contributed by atoms with Gasteiger partial charge in [-0.2, -0.15) is 0 Å². The van der Waals surface area contributed by atoms with Crippen LogP contribution in [0.3, 0.4) is 0 Å². The van der Waals surface area contributed by atoms with Crippen LogP contribution in [0.5, 0.6) is 0 Å². The van der Waals surface area contributed by atoms with Gasteiger partial charge in [0.25, 0.3) is 0 Å². The number of benzene rings is 1. The van der Waals surface area contributed by atoms with Gasteiger partial charge in [-0.1, -0.05) is 43.9 Å². The Morgan fingerprint density at radius 2 is 1.70 bits per heavy atom. The second-order valence-electron chi connectivity index (χ2n) is 7.10. The molecule has 1 saturated heterocycles. The van der Waals surface area contributed by atoms with Gasteiger partial charge in [-0.3, -0.25) is 4.79 Å². The fourth-order valence-corrected chi connectivity index (χ4v) is 5.87. The average Bonchev–Trinajstić information content (AvgIpc) is 2.38. The lowest BCUT2D eigenvalue weighted by Crippen LogP contribution is -2.35. The van der Waals surface area contributed by atoms with Crippen LogP contribution in [0.25, 0.3) is 0 Å². The van der Waals surface area contributed by atoms with E-state index >= 15 is 0 Å². The number of ketones is 1. The van der Waals surface area contributed by atoms with E-state index in [-0.39, 0.29) is 5.54 Å². The van der Waals surface area contributed by atoms with E-state index in [1.54, 1.807) is 6.92 Å². The lowest BCUT2D eigenvalue weighted by atomic mass is 9.89. The molecule has 1 unspecified atom stereocenters. The number of rotatable bonds is 4. The Morgan fingerprint density at radius 1 is 1.15 bits per heavy atom. The van der Waals surface area contributed by atoms with Gasteiger partial charge in [0.1, 0.15) is 5.78 Å². The zero-order valence-electron chi connectivity index (χ0n) is 13.2. The number of hydrogen-bond donors (Lipinski definition) is 1. The van der Waals surface area contributed by atoms with Crippen molar-refractivity contribution in [1.82, 2.24) is 5.32 Å². The zero-order valence-corrected chi connectivity index (χ0v) is 14.2. The summed E-state index contributed by atoms with van der Waals surface area (Å²) < 4.78 is 0. The van der Waals surface area contributed by atoms with Crippen LogP contribution in [-0.2, 0) is 4.79 Å². The summed E-state index contributed by atoms with van der Waals surface area (Å²) in [4.78, 5) is 12.0. The molecule has 0 spiro atoms. The first-order valence-electron chi connectivity index (χ1n) is 7.70. The molecule has 1 heterocycles. The number of carbonyl (C=O) groups is 1. The van der Waals surface area contributed by atoms with Gasteiger partial charge in [-0.15, -0.1) is 0 Å². The SMILES string of the molecule is CC(=O)C(c1ccc(C2CCNCC2)cc1)[Si](C)(C)C. The van der Waals surface area contributed by atoms with Crippen molar-refractivity contribution in [3.8, 4) is 0 Å². The van der Waals surface area contributed by atoms with Crippen LogP contribution in [0.1, 0.15) is 42.4 Å². The molecule has 0 bridgehead atoms. The fraction of sp³-hybridized carbons (Fsp3) is 0.588. The molecule has 0 aliphatic carbocycles. The largest absolute Gasteiger partial charge is 0.317 e. The van der Waals surface area contributed by atoms with Crippen molar-refractivity contribution >= 4 is 13.9 Å². The quantitative estimate of drug-likeness (QED) is 0.856. The van der Waals surface area contributed by atoms with E-state index < -0.39 is 8.07 Å². The maximum absolute atomic E-state index is 12.0. The molecule has 1 aromatic carbocycles. The molecule has 0 radical (unpaired) electrons. The molecule has 1 N–H and O–H groups in total. The highest BCUT2D eigenvalue weighted by Crippen LogP contribution is 2.31. The number of hydrogen-bond acceptors (Lipinski definition) is 2. The van der Waals surface area contributed by atoms with Gasteiger partial charge in [-0.05, 0) is 49.9 Å². The van der Waals surface area contributed by atoms with E-state index in [1.165, 1.54) is 24.0 Å². The van der Waals surface area contributed by atoms with Crippen molar-refractivity contribution in [3.05, 3.63) is 35.4 Å². The summed E-state index contributed by atoms with van der Waals surface area (Å²) >= 11 is 0. The van der Waals surface area contributed by atoms with Crippen molar-refractivity contribution in [2.75, 3.05) is 13.1 Å². The molecule has 3 heteroatoms. The summed E-state index contributed by atoms with van der Waals surface area (Å²) in [5.41, 5.74) is 2.78. The van der Waals surface area contributed by atoms with Crippen molar-refractivity contribution in [1.29, 1.82) is 0 Å². The van der Waals surface area contributed by atoms with Crippen LogP contribution in [0.15, 0.2) is 24.3 Å². The van der Waals surface area contributed by atoms with Crippen LogP contribution >= 0.6 is 0 Å². The Morgan fingerprint density at radius 3 is 2.15 bits per heavy atom. The molecule has 2 nitrogen and oxygen atoms in total. The summed E-state index contributed by atoms with van der Waals surface area (Å²) in [6.45, 7) is 10.8. The monoisotopic (exact) mass is 289 g/mol. The summed E-state index contributed by atoms with van der Waals surface area (Å²) in [5, 5.41) is 3.41. The maximum atomic E-state index is 12.0. The topological polar surface area (TPSA) is 29.1 Å². The standard InChI is InChI=1S/C17H27NOSi/c1-13(19)17(20(2,3)4)16-7-5-14(6-8-16)15-9-11-18-12-10-15/h5-8,15,17-18H,9-12H2,1-4H3. The van der Waals surface area contributed by atoms with Crippen LogP contribution in [-0.4, -0.2) is 26.9 Å². The van der Waals surface area contributed by atoms with Crippen molar-refractivity contribution in [2.24, 2.45) is 0 Å². The predicted molar refractivity (Wildman–Crippen MR) is 88.1 cm³/mol. The minimum atomic E-state index is -1.51. The van der Waals surface area contributed by atoms with Gasteiger partial charge in [0.2, 0.25) is 0 Å². The minimum absolute atomic E-state index is 0.129. The zero-order chi connectivity index (χ0) is 14.8. The highest BCUT2D eigenvalue weighted by Gasteiger charge is 2.31. The van der Waals surface area contributed by atoms with E-state index in [0.717, 1.165) is 13.1 Å². The summed E-state index contributed by atoms with van der Waals surface area (Å²) in [6.07, 6.45) is 2.45. The Bertz CT molecular complexity index is 455. The molecule has 0 saturated carbocycles. The highest BCUT2D eigenvalue weighted by atomic mass is 28.3. The van der Waals surface area contributed by atoms with Gasteiger partial charge < -0.3 is 5.32 Å². The fourth-order valence-electron chi connectivity index (χ4n) is 3.46. The Balaban J connectivity index is 2.20. The Labute approximate surface area is 124 Å². The van der Waals surface area contributed by atoms with Crippen molar-refractivity contribution < 1.29 is 4.79 Å². The third-order valence-electron chi connectivity index (χ3n) is 4.35. The first kappa shape index (κ1) is 15.5. The third kappa shape index (κ3) is 3.58. The number of carbonyl (C=O) groups excluding carboxylic acids is 1. The van der Waals surface area contributed by atoms with Gasteiger partial charge in [0, 0.05) is 5.54 Å². The van der Waals surface area contributed by atoms with Gasteiger partial charge in [0.15, 0.2) is 0 Å². The van der Waals surface area contributed by atoms with Crippen molar-refractivity contribution in [3.63, 3.8) is 0 Å². The second-order valence-corrected chi connectivity index (χ2v) is 12.4. The summed E-state index contributed by atoms with van der Waals surface area (Å²) in [6, 6.07) is 8.90. The molecule has 1 fully saturated rings. The minimum Gasteiger partial charge on any atom is -0.317 e. The molecule has 1 aromatic rings. The molecule has 110 valence electrons. The number of nitrogens with one attached hydrogen (secondary N) is 1. The molecular weight excluding hydrogens is 262 g/mol. The predicted octanol–water partition coefficient (Wildman–Crippen LogP) is 3.70. The molecule has 20 heavy (non-hydrogen) atoms. The van der Waals surface area contributed by atoms with Crippen molar-refractivity contribution in [2.45, 2.75) is 50.9 Å². The molecule has 1 atom stereocenters. The first-order chi connectivity index (χ1) is 9.39. The van der Waals surface area contributed by atoms with Gasteiger partial charge in [0.05, 0.1) is 8.07 Å². The molecule has 1 aliphatic rings. The third-order valence-corrected chi connectivity index (χ3v) is 6.82. The smallest absolute Gasteiger partial charge is 0.134 e. The average molecular weight is 289 g/mol. The lowest BCUT2D eigenvalue weighted by Gasteiger charge is -2.28. The number of piperidine rings is 1. The van der Waals surface area contributed by atoms with E-state index in [9.17, 15) is 4.79 Å². The Kier molecular flexibility index (Phi) is 4.81. The maximum Gasteiger partial charge on any atom is 0.134 e. The van der Waals surface area contributed by atoms with Crippen LogP contribution in [0.2, 0.25) is 19.6 Å². The van der Waals surface area contributed by atoms with Gasteiger partial charge >= 0.3 is 0 Å². The van der Waals surface area contributed by atoms with Gasteiger partial charge in [-0.25, -0.2) is 0 Å². The first-order valence-corrected chi connectivity index (χ1v) is 11.3. The van der Waals surface area contributed by atoms with E-state index in [2.05, 4.69) is 49.2 Å². The molecule has 0 amide bonds. The highest BCUT2D eigenvalue weighted by molar-refractivity contribution is 6.80. The summed E-state index contributed by atoms with van der Waals surface area (Å²) in [5.74, 6) is 1.01. The molecular formula is C17H27NOSi. The summed E-state index contributed by atoms with van der Waals surface area (Å²) in [7, 11) is -1.51. The molecule has 1 aliphatic heterocycles. The molecule has 2 rings (SSSR count). The van der Waals surface area contributed by atoms with E-state index in [0.29, 0.717) is 11.7 Å². The number of Topliss-reactive ketones (excluding diaryl/α,β-unsaturated/α-hetero) is 1. The van der Waals surface area contributed by atoms with Crippen LogP contribution < -0.4 is 5.32 Å². The molecule has 0 aromatic heterocycles. The lowest BCUT2D eigenvalue weighted by molar-refractivity contribution is -0.116. The Hall–Kier alpha value is -0.933. The van der Waals surface area contributed by atoms with E-state index in [1.807, 2.05) is 0 Å². The normalized spacial score (nSPS) is 18.8. The van der Waals surface area contributed by atoms with E-state index in [4.69, 9.17) is 0 Å². The van der Waals surface area contributed by atoms with Crippen LogP contribution in [0.4, 0.5) is 0 Å². The van der Waals surface area contributed by atoms with Crippen LogP contribution in [0, 0.1) is 0 Å².